The molecule has 0 aromatic heterocycles. The number of aryl methyl sites for hydroxylation is 2. The van der Waals surface area contributed by atoms with Crippen LogP contribution in [0.15, 0.2) is 40.9 Å². The van der Waals surface area contributed by atoms with Crippen molar-refractivity contribution in [2.24, 2.45) is 0 Å². The lowest BCUT2D eigenvalue weighted by Crippen LogP contribution is -2.04. The Balaban J connectivity index is 2.25. The molecule has 2 aromatic rings. The zero-order valence-electron chi connectivity index (χ0n) is 11.0. The Bertz CT molecular complexity index is 575. The normalized spacial score (nSPS) is 12.5. The van der Waals surface area contributed by atoms with Gasteiger partial charge in [-0.05, 0) is 43.2 Å². The Morgan fingerprint density at radius 3 is 2.37 bits per heavy atom. The summed E-state index contributed by atoms with van der Waals surface area (Å²) in [5, 5.41) is 10.3. The Morgan fingerprint density at radius 1 is 1.11 bits per heavy atom. The van der Waals surface area contributed by atoms with Crippen LogP contribution in [0.4, 0.5) is 4.39 Å². The average molecular weight is 323 g/mol. The van der Waals surface area contributed by atoms with E-state index in [9.17, 15) is 9.50 Å². The summed E-state index contributed by atoms with van der Waals surface area (Å²) in [5.41, 5.74) is 3.97. The molecule has 3 heteroatoms. The van der Waals surface area contributed by atoms with Crippen LogP contribution in [-0.4, -0.2) is 5.11 Å². The Hall–Kier alpha value is -1.19. The molecule has 100 valence electrons. The zero-order chi connectivity index (χ0) is 14.0. The van der Waals surface area contributed by atoms with E-state index in [1.165, 1.54) is 23.3 Å². The SMILES string of the molecule is Cc1cc(C)cc(CC(O)c2cc(F)ccc2Br)c1. The van der Waals surface area contributed by atoms with Crippen LogP contribution >= 0.6 is 15.9 Å². The molecule has 2 rings (SSSR count). The molecule has 0 spiro atoms. The first kappa shape index (κ1) is 14.2. The fourth-order valence-electron chi connectivity index (χ4n) is 2.29. The van der Waals surface area contributed by atoms with Crippen molar-refractivity contribution in [2.45, 2.75) is 26.4 Å². The van der Waals surface area contributed by atoms with E-state index in [0.29, 0.717) is 12.0 Å². The highest BCUT2D eigenvalue weighted by atomic mass is 79.9. The second kappa shape index (κ2) is 5.85. The summed E-state index contributed by atoms with van der Waals surface area (Å²) in [6, 6.07) is 10.5. The molecule has 0 amide bonds. The molecule has 0 bridgehead atoms. The number of hydrogen-bond donors (Lipinski definition) is 1. The molecule has 0 radical (unpaired) electrons. The van der Waals surface area contributed by atoms with Gasteiger partial charge < -0.3 is 5.11 Å². The molecule has 0 fully saturated rings. The van der Waals surface area contributed by atoms with Crippen molar-refractivity contribution < 1.29 is 9.50 Å². The van der Waals surface area contributed by atoms with E-state index in [1.54, 1.807) is 6.07 Å². The predicted octanol–water partition coefficient (Wildman–Crippen LogP) is 4.48. The van der Waals surface area contributed by atoms with Crippen LogP contribution in [-0.2, 0) is 6.42 Å². The van der Waals surface area contributed by atoms with Crippen LogP contribution in [0.2, 0.25) is 0 Å². The fourth-order valence-corrected chi connectivity index (χ4v) is 2.80. The number of aliphatic hydroxyl groups excluding tert-OH is 1. The maximum Gasteiger partial charge on any atom is 0.123 e. The minimum atomic E-state index is -0.716. The van der Waals surface area contributed by atoms with Crippen LogP contribution in [0.3, 0.4) is 0 Å². The number of hydrogen-bond acceptors (Lipinski definition) is 1. The monoisotopic (exact) mass is 322 g/mol. The van der Waals surface area contributed by atoms with Gasteiger partial charge in [0.2, 0.25) is 0 Å². The number of aliphatic hydroxyl groups is 1. The van der Waals surface area contributed by atoms with Crippen molar-refractivity contribution in [3.05, 3.63) is 68.9 Å². The lowest BCUT2D eigenvalue weighted by molar-refractivity contribution is 0.177. The first-order chi connectivity index (χ1) is 8.95. The lowest BCUT2D eigenvalue weighted by Gasteiger charge is -2.14. The molecule has 1 nitrogen and oxygen atoms in total. The van der Waals surface area contributed by atoms with Crippen molar-refractivity contribution in [3.8, 4) is 0 Å². The molecular formula is C16H16BrFO. The minimum absolute atomic E-state index is 0.335. The quantitative estimate of drug-likeness (QED) is 0.883. The summed E-state index contributed by atoms with van der Waals surface area (Å²) in [7, 11) is 0. The van der Waals surface area contributed by atoms with Crippen LogP contribution in [0.5, 0.6) is 0 Å². The van der Waals surface area contributed by atoms with Gasteiger partial charge in [-0.25, -0.2) is 4.39 Å². The fraction of sp³-hybridized carbons (Fsp3) is 0.250. The van der Waals surface area contributed by atoms with E-state index >= 15 is 0 Å². The molecule has 0 aliphatic heterocycles. The van der Waals surface area contributed by atoms with Crippen LogP contribution < -0.4 is 0 Å². The largest absolute Gasteiger partial charge is 0.388 e. The van der Waals surface area contributed by atoms with Crippen molar-refractivity contribution >= 4 is 15.9 Å². The molecule has 1 unspecified atom stereocenters. The maximum absolute atomic E-state index is 13.2. The maximum atomic E-state index is 13.2. The van der Waals surface area contributed by atoms with Crippen molar-refractivity contribution in [2.75, 3.05) is 0 Å². The molecule has 19 heavy (non-hydrogen) atoms. The highest BCUT2D eigenvalue weighted by Gasteiger charge is 2.13. The van der Waals surface area contributed by atoms with E-state index in [2.05, 4.69) is 22.0 Å². The van der Waals surface area contributed by atoms with Gasteiger partial charge in [0.15, 0.2) is 0 Å². The number of halogens is 2. The van der Waals surface area contributed by atoms with Gasteiger partial charge in [-0.1, -0.05) is 45.3 Å². The average Bonchev–Trinajstić information content (AvgIpc) is 2.30. The van der Waals surface area contributed by atoms with E-state index in [1.807, 2.05) is 26.0 Å². The standard InChI is InChI=1S/C16H16BrFO/c1-10-5-11(2)7-12(6-10)8-16(19)14-9-13(18)3-4-15(14)17/h3-7,9,16,19H,8H2,1-2H3. The Labute approximate surface area is 121 Å². The van der Waals surface area contributed by atoms with Gasteiger partial charge in [0, 0.05) is 10.9 Å². The zero-order valence-corrected chi connectivity index (χ0v) is 12.5. The molecule has 1 atom stereocenters. The number of benzene rings is 2. The highest BCUT2D eigenvalue weighted by Crippen LogP contribution is 2.27. The molecule has 0 aliphatic carbocycles. The van der Waals surface area contributed by atoms with Crippen molar-refractivity contribution in [1.29, 1.82) is 0 Å². The molecule has 2 aromatic carbocycles. The van der Waals surface area contributed by atoms with E-state index in [0.717, 1.165) is 10.0 Å². The van der Waals surface area contributed by atoms with Gasteiger partial charge in [0.05, 0.1) is 6.10 Å². The van der Waals surface area contributed by atoms with E-state index in [4.69, 9.17) is 0 Å². The first-order valence-corrected chi connectivity index (χ1v) is 6.95. The second-order valence-electron chi connectivity index (χ2n) is 4.88. The summed E-state index contributed by atoms with van der Waals surface area (Å²) in [6.07, 6.45) is -0.240. The van der Waals surface area contributed by atoms with Gasteiger partial charge in [-0.2, -0.15) is 0 Å². The van der Waals surface area contributed by atoms with Gasteiger partial charge >= 0.3 is 0 Å². The van der Waals surface area contributed by atoms with Crippen molar-refractivity contribution in [1.82, 2.24) is 0 Å². The van der Waals surface area contributed by atoms with E-state index < -0.39 is 6.10 Å². The first-order valence-electron chi connectivity index (χ1n) is 6.16. The smallest absolute Gasteiger partial charge is 0.123 e. The Kier molecular flexibility index (Phi) is 4.38. The predicted molar refractivity (Wildman–Crippen MR) is 78.7 cm³/mol. The summed E-state index contributed by atoms with van der Waals surface area (Å²) in [4.78, 5) is 0. The van der Waals surface area contributed by atoms with Gasteiger partial charge in [0.1, 0.15) is 5.82 Å². The third-order valence-corrected chi connectivity index (χ3v) is 3.75. The molecule has 0 heterocycles. The second-order valence-corrected chi connectivity index (χ2v) is 5.74. The molecule has 0 aliphatic rings. The summed E-state index contributed by atoms with van der Waals surface area (Å²) < 4.78 is 14.0. The topological polar surface area (TPSA) is 20.2 Å². The third-order valence-electron chi connectivity index (χ3n) is 3.03. The van der Waals surface area contributed by atoms with Crippen molar-refractivity contribution in [3.63, 3.8) is 0 Å². The van der Waals surface area contributed by atoms with Gasteiger partial charge in [0.25, 0.3) is 0 Å². The van der Waals surface area contributed by atoms with E-state index in [-0.39, 0.29) is 5.82 Å². The third kappa shape index (κ3) is 3.64. The van der Waals surface area contributed by atoms with Crippen LogP contribution in [0.25, 0.3) is 0 Å². The molecular weight excluding hydrogens is 307 g/mol. The summed E-state index contributed by atoms with van der Waals surface area (Å²) >= 11 is 3.35. The number of rotatable bonds is 3. The minimum Gasteiger partial charge on any atom is -0.388 e. The van der Waals surface area contributed by atoms with Gasteiger partial charge in [-0.15, -0.1) is 0 Å². The highest BCUT2D eigenvalue weighted by molar-refractivity contribution is 9.10. The van der Waals surface area contributed by atoms with Gasteiger partial charge in [-0.3, -0.25) is 0 Å². The lowest BCUT2D eigenvalue weighted by atomic mass is 9.98. The summed E-state index contributed by atoms with van der Waals surface area (Å²) in [5.74, 6) is -0.335. The summed E-state index contributed by atoms with van der Waals surface area (Å²) in [6.45, 7) is 4.06. The molecule has 0 saturated carbocycles. The van der Waals surface area contributed by atoms with Crippen LogP contribution in [0.1, 0.15) is 28.4 Å². The van der Waals surface area contributed by atoms with Crippen LogP contribution in [0, 0.1) is 19.7 Å². The molecule has 1 N–H and O–H groups in total. The Morgan fingerprint density at radius 2 is 1.74 bits per heavy atom. The molecule has 0 saturated heterocycles.